The van der Waals surface area contributed by atoms with Gasteiger partial charge in [-0.15, -0.1) is 0 Å². The first kappa shape index (κ1) is 37.0. The fraction of sp³-hybridized carbons (Fsp3) is 1.00. The van der Waals surface area contributed by atoms with E-state index in [0.29, 0.717) is 17.6 Å². The largest absolute Gasteiger partial charge is 0.756 e. The van der Waals surface area contributed by atoms with E-state index in [2.05, 4.69) is 11.8 Å². The third-order valence-corrected chi connectivity index (χ3v) is 7.49. The van der Waals surface area contributed by atoms with Crippen molar-refractivity contribution >= 4 is 7.82 Å². The predicted molar refractivity (Wildman–Crippen MR) is 150 cm³/mol. The highest BCUT2D eigenvalue weighted by Gasteiger charge is 2.17. The molecular weight excluding hydrogens is 493 g/mol. The number of phosphoric ester groups is 1. The second-order valence-corrected chi connectivity index (χ2v) is 12.8. The van der Waals surface area contributed by atoms with Crippen molar-refractivity contribution in [3.63, 3.8) is 0 Å². The molecule has 0 aromatic carbocycles. The molecule has 37 heavy (non-hydrogen) atoms. The van der Waals surface area contributed by atoms with Crippen LogP contribution in [0.2, 0.25) is 0 Å². The van der Waals surface area contributed by atoms with E-state index in [4.69, 9.17) is 19.0 Å². The first-order valence-electron chi connectivity index (χ1n) is 15.0. The van der Waals surface area contributed by atoms with Crippen molar-refractivity contribution in [2.45, 2.75) is 129 Å². The molecule has 0 saturated carbocycles. The molecule has 0 fully saturated rings. The van der Waals surface area contributed by atoms with E-state index >= 15 is 0 Å². The SMILES string of the molecule is CCCCCCCCCCCCCCCCCCCCOC[C@H](COP(=O)([O-])OCC[N+](C)(C)C)OO. The molecule has 9 heteroatoms. The number of unbranched alkanes of at least 4 members (excludes halogenated alkanes) is 17. The Hall–Kier alpha value is -0.0500. The molecule has 0 aliphatic rings. The van der Waals surface area contributed by atoms with Crippen LogP contribution in [0.1, 0.15) is 122 Å². The maximum absolute atomic E-state index is 11.8. The number of likely N-dealkylation sites (N-methyl/N-ethyl adjacent to an activating group) is 1. The normalized spacial score (nSPS) is 14.6. The molecule has 0 aliphatic carbocycles. The predicted octanol–water partition coefficient (Wildman–Crippen LogP) is 7.11. The number of phosphoric acid groups is 1. The first-order valence-corrected chi connectivity index (χ1v) is 16.4. The fourth-order valence-electron chi connectivity index (χ4n) is 4.07. The minimum Gasteiger partial charge on any atom is -0.756 e. The van der Waals surface area contributed by atoms with Gasteiger partial charge in [0, 0.05) is 6.61 Å². The Balaban J connectivity index is 3.44. The van der Waals surface area contributed by atoms with Crippen molar-refractivity contribution in [3.8, 4) is 0 Å². The fourth-order valence-corrected chi connectivity index (χ4v) is 4.80. The lowest BCUT2D eigenvalue weighted by atomic mass is 10.0. The van der Waals surface area contributed by atoms with Crippen molar-refractivity contribution in [3.05, 3.63) is 0 Å². The molecule has 1 unspecified atom stereocenters. The second kappa shape index (κ2) is 25.0. The summed E-state index contributed by atoms with van der Waals surface area (Å²) in [7, 11) is 1.38. The van der Waals surface area contributed by atoms with Crippen molar-refractivity contribution in [1.82, 2.24) is 0 Å². The summed E-state index contributed by atoms with van der Waals surface area (Å²) in [6, 6.07) is 0. The molecule has 8 nitrogen and oxygen atoms in total. The molecule has 0 rings (SSSR count). The van der Waals surface area contributed by atoms with Crippen LogP contribution in [0.5, 0.6) is 0 Å². The van der Waals surface area contributed by atoms with Gasteiger partial charge < -0.3 is 23.2 Å². The van der Waals surface area contributed by atoms with Crippen LogP contribution in [0.25, 0.3) is 0 Å². The van der Waals surface area contributed by atoms with Gasteiger partial charge in [0.2, 0.25) is 0 Å². The summed E-state index contributed by atoms with van der Waals surface area (Å²) in [6.45, 7) is 3.10. The van der Waals surface area contributed by atoms with Gasteiger partial charge in [-0.05, 0) is 6.42 Å². The molecule has 0 radical (unpaired) electrons. The Morgan fingerprint density at radius 1 is 0.676 bits per heavy atom. The monoisotopic (exact) mass is 553 g/mol. The Morgan fingerprint density at radius 2 is 1.11 bits per heavy atom. The molecule has 0 aromatic rings. The molecule has 0 aromatic heterocycles. The second-order valence-electron chi connectivity index (χ2n) is 11.4. The van der Waals surface area contributed by atoms with E-state index < -0.39 is 13.9 Å². The van der Waals surface area contributed by atoms with Crippen molar-refractivity contribution in [2.24, 2.45) is 0 Å². The average Bonchev–Trinajstić information content (AvgIpc) is 2.83. The lowest BCUT2D eigenvalue weighted by Gasteiger charge is -2.27. The smallest absolute Gasteiger partial charge is 0.268 e. The summed E-state index contributed by atoms with van der Waals surface area (Å²) in [5.41, 5.74) is 0. The molecule has 1 N–H and O–H groups in total. The zero-order valence-corrected chi connectivity index (χ0v) is 25.5. The van der Waals surface area contributed by atoms with E-state index in [9.17, 15) is 9.46 Å². The van der Waals surface area contributed by atoms with Crippen LogP contribution in [0.4, 0.5) is 0 Å². The Morgan fingerprint density at radius 3 is 1.51 bits per heavy atom. The minimum absolute atomic E-state index is 0.0325. The molecular formula is C28H60NO7P. The van der Waals surface area contributed by atoms with E-state index in [0.717, 1.165) is 12.8 Å². The molecule has 0 heterocycles. The van der Waals surface area contributed by atoms with Gasteiger partial charge in [0.15, 0.2) is 0 Å². The quantitative estimate of drug-likeness (QED) is 0.0346. The van der Waals surface area contributed by atoms with Gasteiger partial charge in [-0.3, -0.25) is 9.82 Å². The van der Waals surface area contributed by atoms with Crippen LogP contribution in [0.15, 0.2) is 0 Å². The highest BCUT2D eigenvalue weighted by molar-refractivity contribution is 7.45. The topological polar surface area (TPSA) is 97.3 Å². The summed E-state index contributed by atoms with van der Waals surface area (Å²) in [4.78, 5) is 16.1. The Kier molecular flexibility index (Phi) is 24.9. The average molecular weight is 554 g/mol. The van der Waals surface area contributed by atoms with Gasteiger partial charge in [0.1, 0.15) is 19.3 Å². The van der Waals surface area contributed by atoms with Gasteiger partial charge in [0.25, 0.3) is 7.82 Å². The number of hydrogen-bond donors (Lipinski definition) is 1. The molecule has 0 saturated heterocycles. The Bertz CT molecular complexity index is 531. The van der Waals surface area contributed by atoms with Crippen LogP contribution in [0.3, 0.4) is 0 Å². The van der Waals surface area contributed by atoms with Crippen molar-refractivity contribution in [1.29, 1.82) is 0 Å². The van der Waals surface area contributed by atoms with Crippen LogP contribution in [-0.4, -0.2) is 70.0 Å². The molecule has 224 valence electrons. The molecule has 2 atom stereocenters. The van der Waals surface area contributed by atoms with Crippen LogP contribution >= 0.6 is 7.82 Å². The lowest BCUT2D eigenvalue weighted by molar-refractivity contribution is -0.870. The number of rotatable bonds is 29. The zero-order valence-electron chi connectivity index (χ0n) is 24.6. The van der Waals surface area contributed by atoms with E-state index in [1.807, 2.05) is 21.1 Å². The van der Waals surface area contributed by atoms with Gasteiger partial charge >= 0.3 is 0 Å². The first-order chi connectivity index (χ1) is 17.7. The summed E-state index contributed by atoms with van der Waals surface area (Å²) >= 11 is 0. The maximum Gasteiger partial charge on any atom is 0.268 e. The summed E-state index contributed by atoms with van der Waals surface area (Å²) in [5, 5.41) is 8.97. The third kappa shape index (κ3) is 28.8. The van der Waals surface area contributed by atoms with Gasteiger partial charge in [0.05, 0.1) is 34.4 Å². The summed E-state index contributed by atoms with van der Waals surface area (Å²) in [6.07, 6.45) is 23.1. The number of quaternary nitrogens is 1. The van der Waals surface area contributed by atoms with E-state index in [1.165, 1.54) is 103 Å². The standard InChI is InChI=1S/C28H60NO7P/c1-5-6-7-8-9-10-11-12-13-14-15-16-17-18-19-20-21-22-24-33-26-28(36-30)27-35-37(31,32)34-25-23-29(2,3)4/h28H,5-27H2,1-4H3,(H-,30,31,32)/t28-/m1/s1. The number of ether oxygens (including phenoxy) is 1. The van der Waals surface area contributed by atoms with E-state index in [-0.39, 0.29) is 19.8 Å². The zero-order chi connectivity index (χ0) is 27.7. The molecule has 0 amide bonds. The van der Waals surface area contributed by atoms with Gasteiger partial charge in [-0.25, -0.2) is 4.89 Å². The maximum atomic E-state index is 11.8. The van der Waals surface area contributed by atoms with Crippen molar-refractivity contribution in [2.75, 3.05) is 54.1 Å². The Labute approximate surface area is 228 Å². The molecule has 0 aliphatic heterocycles. The lowest BCUT2D eigenvalue weighted by Crippen LogP contribution is -2.37. The minimum atomic E-state index is -4.43. The summed E-state index contributed by atoms with van der Waals surface area (Å²) < 4.78 is 27.5. The number of nitrogens with zero attached hydrogens (tertiary/aromatic N) is 1. The highest BCUT2D eigenvalue weighted by atomic mass is 31.2. The highest BCUT2D eigenvalue weighted by Crippen LogP contribution is 2.38. The van der Waals surface area contributed by atoms with Crippen LogP contribution < -0.4 is 4.89 Å². The van der Waals surface area contributed by atoms with Gasteiger partial charge in [-0.2, -0.15) is 0 Å². The third-order valence-electron chi connectivity index (χ3n) is 6.53. The van der Waals surface area contributed by atoms with Crippen molar-refractivity contribution < 1.29 is 37.9 Å². The van der Waals surface area contributed by atoms with Crippen LogP contribution in [-0.2, 0) is 23.2 Å². The van der Waals surface area contributed by atoms with Crippen LogP contribution in [0, 0.1) is 0 Å². The molecule has 0 bridgehead atoms. The number of hydrogen-bond acceptors (Lipinski definition) is 7. The van der Waals surface area contributed by atoms with E-state index in [1.54, 1.807) is 0 Å². The van der Waals surface area contributed by atoms with Gasteiger partial charge in [-0.1, -0.05) is 116 Å². The summed E-state index contributed by atoms with van der Waals surface area (Å²) in [5.74, 6) is 0. The molecule has 0 spiro atoms.